The lowest BCUT2D eigenvalue weighted by molar-refractivity contribution is -0.133. The predicted octanol–water partition coefficient (Wildman–Crippen LogP) is 1.47. The van der Waals surface area contributed by atoms with Crippen LogP contribution in [0.3, 0.4) is 0 Å². The summed E-state index contributed by atoms with van der Waals surface area (Å²) < 4.78 is 32.0. The summed E-state index contributed by atoms with van der Waals surface area (Å²) in [6, 6.07) is 6.79. The Morgan fingerprint density at radius 2 is 2.11 bits per heavy atom. The average Bonchev–Trinajstić information content (AvgIpc) is 3.23. The minimum absolute atomic E-state index is 0.0549. The van der Waals surface area contributed by atoms with Gasteiger partial charge in [-0.05, 0) is 30.9 Å². The third-order valence-corrected chi connectivity index (χ3v) is 4.98. The van der Waals surface area contributed by atoms with Crippen LogP contribution in [-0.4, -0.2) is 54.4 Å². The van der Waals surface area contributed by atoms with Gasteiger partial charge >= 0.3 is 0 Å². The van der Waals surface area contributed by atoms with Crippen molar-refractivity contribution in [1.29, 1.82) is 0 Å². The van der Waals surface area contributed by atoms with Crippen molar-refractivity contribution in [1.82, 2.24) is 10.2 Å². The van der Waals surface area contributed by atoms with Gasteiger partial charge in [0.25, 0.3) is 11.8 Å². The molecule has 2 heterocycles. The number of fused-ring (bicyclic) bond motifs is 1. The van der Waals surface area contributed by atoms with E-state index in [1.165, 1.54) is 0 Å². The SMILES string of the molecule is NC(CCCCNC(=O)C1Cc2ccccc2O1)C(=O)N1CCC(F)(F)C1. The summed E-state index contributed by atoms with van der Waals surface area (Å²) in [5.41, 5.74) is 6.86. The van der Waals surface area contributed by atoms with E-state index < -0.39 is 30.5 Å². The molecule has 0 aliphatic carbocycles. The lowest BCUT2D eigenvalue weighted by atomic mass is 10.1. The summed E-state index contributed by atoms with van der Waals surface area (Å²) >= 11 is 0. The Kier molecular flexibility index (Phi) is 5.94. The summed E-state index contributed by atoms with van der Waals surface area (Å²) in [5.74, 6) is -2.64. The number of nitrogens with one attached hydrogen (secondary N) is 1. The molecule has 148 valence electrons. The number of para-hydroxylation sites is 1. The van der Waals surface area contributed by atoms with Crippen LogP contribution in [0.1, 0.15) is 31.2 Å². The van der Waals surface area contributed by atoms with E-state index in [1.807, 2.05) is 24.3 Å². The number of alkyl halides is 2. The summed E-state index contributed by atoms with van der Waals surface area (Å²) in [6.45, 7) is -0.0313. The average molecular weight is 381 g/mol. The van der Waals surface area contributed by atoms with Crippen molar-refractivity contribution < 1.29 is 23.1 Å². The maximum absolute atomic E-state index is 13.2. The second kappa shape index (κ2) is 8.21. The monoisotopic (exact) mass is 381 g/mol. The van der Waals surface area contributed by atoms with Gasteiger partial charge in [-0.15, -0.1) is 0 Å². The minimum Gasteiger partial charge on any atom is -0.480 e. The fourth-order valence-electron chi connectivity index (χ4n) is 3.42. The zero-order chi connectivity index (χ0) is 19.4. The van der Waals surface area contributed by atoms with Gasteiger partial charge in [0.05, 0.1) is 12.6 Å². The molecule has 0 saturated carbocycles. The van der Waals surface area contributed by atoms with Crippen LogP contribution < -0.4 is 15.8 Å². The molecule has 2 aliphatic rings. The number of nitrogens with zero attached hydrogens (tertiary/aromatic N) is 1. The zero-order valence-electron chi connectivity index (χ0n) is 15.1. The molecule has 6 nitrogen and oxygen atoms in total. The number of halogens is 2. The van der Waals surface area contributed by atoms with Crippen molar-refractivity contribution in [2.75, 3.05) is 19.6 Å². The van der Waals surface area contributed by atoms with Crippen LogP contribution in [-0.2, 0) is 16.0 Å². The molecule has 1 fully saturated rings. The molecule has 0 radical (unpaired) electrons. The number of hydrogen-bond acceptors (Lipinski definition) is 4. The van der Waals surface area contributed by atoms with Crippen molar-refractivity contribution in [3.8, 4) is 5.75 Å². The Hall–Kier alpha value is -2.22. The summed E-state index contributed by atoms with van der Waals surface area (Å²) in [4.78, 5) is 25.4. The lowest BCUT2D eigenvalue weighted by Crippen LogP contribution is -2.43. The molecule has 0 spiro atoms. The number of carbonyl (C=O) groups is 2. The van der Waals surface area contributed by atoms with Gasteiger partial charge < -0.3 is 20.7 Å². The Balaban J connectivity index is 1.30. The molecule has 0 bridgehead atoms. The maximum atomic E-state index is 13.2. The van der Waals surface area contributed by atoms with Gasteiger partial charge in [0.1, 0.15) is 5.75 Å². The lowest BCUT2D eigenvalue weighted by Gasteiger charge is -2.20. The second-order valence-electron chi connectivity index (χ2n) is 7.18. The summed E-state index contributed by atoms with van der Waals surface area (Å²) in [7, 11) is 0. The van der Waals surface area contributed by atoms with Gasteiger partial charge in [0.2, 0.25) is 5.91 Å². The molecule has 1 aromatic rings. The van der Waals surface area contributed by atoms with Gasteiger partial charge in [-0.2, -0.15) is 0 Å². The van der Waals surface area contributed by atoms with Crippen molar-refractivity contribution in [2.24, 2.45) is 5.73 Å². The molecule has 2 atom stereocenters. The first-order valence-corrected chi connectivity index (χ1v) is 9.30. The van der Waals surface area contributed by atoms with Crippen LogP contribution in [0, 0.1) is 0 Å². The van der Waals surface area contributed by atoms with Crippen LogP contribution in [0.5, 0.6) is 5.75 Å². The smallest absolute Gasteiger partial charge is 0.267 e. The molecule has 2 unspecified atom stereocenters. The number of carbonyl (C=O) groups excluding carboxylic acids is 2. The van der Waals surface area contributed by atoms with Crippen LogP contribution in [0.25, 0.3) is 0 Å². The molecule has 8 heteroatoms. The van der Waals surface area contributed by atoms with E-state index in [0.717, 1.165) is 16.2 Å². The number of ether oxygens (including phenoxy) is 1. The van der Waals surface area contributed by atoms with Crippen molar-refractivity contribution in [3.05, 3.63) is 29.8 Å². The first-order valence-electron chi connectivity index (χ1n) is 9.30. The fraction of sp³-hybridized carbons (Fsp3) is 0.579. The number of unbranched alkanes of at least 4 members (excludes halogenated alkanes) is 1. The molecule has 1 aromatic carbocycles. The number of rotatable bonds is 7. The van der Waals surface area contributed by atoms with Crippen LogP contribution in [0.2, 0.25) is 0 Å². The Morgan fingerprint density at radius 3 is 2.81 bits per heavy atom. The molecule has 2 amide bonds. The van der Waals surface area contributed by atoms with Gasteiger partial charge in [-0.1, -0.05) is 18.2 Å². The predicted molar refractivity (Wildman–Crippen MR) is 95.5 cm³/mol. The van der Waals surface area contributed by atoms with E-state index in [-0.39, 0.29) is 18.9 Å². The van der Waals surface area contributed by atoms with Gasteiger partial charge in [-0.25, -0.2) is 8.78 Å². The highest BCUT2D eigenvalue weighted by Crippen LogP contribution is 2.28. The van der Waals surface area contributed by atoms with Gasteiger partial charge in [0, 0.05) is 25.9 Å². The third kappa shape index (κ3) is 4.94. The molecule has 27 heavy (non-hydrogen) atoms. The van der Waals surface area contributed by atoms with Crippen molar-refractivity contribution in [3.63, 3.8) is 0 Å². The van der Waals surface area contributed by atoms with Crippen LogP contribution in [0.4, 0.5) is 8.78 Å². The van der Waals surface area contributed by atoms with E-state index >= 15 is 0 Å². The molecule has 0 aromatic heterocycles. The van der Waals surface area contributed by atoms with E-state index in [4.69, 9.17) is 10.5 Å². The molecule has 3 rings (SSSR count). The highest BCUT2D eigenvalue weighted by molar-refractivity contribution is 5.82. The van der Waals surface area contributed by atoms with E-state index in [9.17, 15) is 18.4 Å². The summed E-state index contributed by atoms with van der Waals surface area (Å²) in [6.07, 6.45) is 1.43. The Morgan fingerprint density at radius 1 is 1.33 bits per heavy atom. The fourth-order valence-corrected chi connectivity index (χ4v) is 3.42. The highest BCUT2D eigenvalue weighted by Gasteiger charge is 2.41. The maximum Gasteiger partial charge on any atom is 0.267 e. The zero-order valence-corrected chi connectivity index (χ0v) is 15.1. The molecule has 2 aliphatic heterocycles. The number of nitrogens with two attached hydrogens (primary N) is 1. The van der Waals surface area contributed by atoms with E-state index in [1.54, 1.807) is 0 Å². The van der Waals surface area contributed by atoms with Crippen molar-refractivity contribution in [2.45, 2.75) is 50.2 Å². The molecule has 1 saturated heterocycles. The quantitative estimate of drug-likeness (QED) is 0.701. The largest absolute Gasteiger partial charge is 0.480 e. The molecule has 3 N–H and O–H groups in total. The van der Waals surface area contributed by atoms with Gasteiger partial charge in [0.15, 0.2) is 6.10 Å². The Bertz CT molecular complexity index is 674. The molecular weight excluding hydrogens is 356 g/mol. The summed E-state index contributed by atoms with van der Waals surface area (Å²) in [5, 5.41) is 2.83. The van der Waals surface area contributed by atoms with Crippen LogP contribution in [0.15, 0.2) is 24.3 Å². The first-order chi connectivity index (χ1) is 12.9. The van der Waals surface area contributed by atoms with Gasteiger partial charge in [-0.3, -0.25) is 9.59 Å². The number of amides is 2. The van der Waals surface area contributed by atoms with E-state index in [0.29, 0.717) is 32.2 Å². The first kappa shape index (κ1) is 19.5. The van der Waals surface area contributed by atoms with Crippen molar-refractivity contribution >= 4 is 11.8 Å². The number of hydrogen-bond donors (Lipinski definition) is 2. The third-order valence-electron chi connectivity index (χ3n) is 4.98. The molecular formula is C19H25F2N3O3. The topological polar surface area (TPSA) is 84.7 Å². The Labute approximate surface area is 157 Å². The normalized spacial score (nSPS) is 21.4. The number of benzene rings is 1. The highest BCUT2D eigenvalue weighted by atomic mass is 19.3. The van der Waals surface area contributed by atoms with Crippen LogP contribution >= 0.6 is 0 Å². The minimum atomic E-state index is -2.80. The van der Waals surface area contributed by atoms with E-state index in [2.05, 4.69) is 5.32 Å². The number of likely N-dealkylation sites (tertiary alicyclic amines) is 1. The standard InChI is InChI=1S/C19H25F2N3O3/c20-19(21)8-10-24(12-19)18(26)14(22)6-3-4-9-23-17(25)16-11-13-5-1-2-7-15(13)27-16/h1-2,5,7,14,16H,3-4,6,8-12,22H2,(H,23,25). The second-order valence-corrected chi connectivity index (χ2v) is 7.18.